The maximum atomic E-state index is 11.1. The average Bonchev–Trinajstić information content (AvgIpc) is 2.85. The van der Waals surface area contributed by atoms with E-state index in [1.165, 1.54) is 0 Å². The van der Waals surface area contributed by atoms with Gasteiger partial charge in [-0.25, -0.2) is 4.79 Å². The van der Waals surface area contributed by atoms with Crippen LogP contribution in [0, 0.1) is 6.92 Å². The molecule has 1 heterocycles. The minimum atomic E-state index is -0.891. The number of carbonyl (C=O) groups is 1. The van der Waals surface area contributed by atoms with Crippen molar-refractivity contribution in [2.45, 2.75) is 33.2 Å². The Hall–Kier alpha value is -2.10. The SMILES string of the molecule is CCCCn1cc(-c2ccc(C)c(C(=O)O)c2)cn1. The standard InChI is InChI=1S/C15H18N2O2/c1-3-4-7-17-10-13(9-16-17)12-6-5-11(2)14(8-12)15(18)19/h5-6,8-10H,3-4,7H2,1-2H3,(H,18,19). The van der Waals surface area contributed by atoms with Gasteiger partial charge in [-0.2, -0.15) is 5.10 Å². The summed E-state index contributed by atoms with van der Waals surface area (Å²) in [4.78, 5) is 11.1. The van der Waals surface area contributed by atoms with Crippen LogP contribution in [0.3, 0.4) is 0 Å². The van der Waals surface area contributed by atoms with Gasteiger partial charge in [-0.1, -0.05) is 25.5 Å². The van der Waals surface area contributed by atoms with Crippen molar-refractivity contribution in [1.82, 2.24) is 9.78 Å². The number of nitrogens with zero attached hydrogens (tertiary/aromatic N) is 2. The fourth-order valence-electron chi connectivity index (χ4n) is 1.99. The molecule has 0 saturated carbocycles. The molecule has 2 rings (SSSR count). The lowest BCUT2D eigenvalue weighted by Gasteiger charge is -2.03. The maximum Gasteiger partial charge on any atom is 0.335 e. The lowest BCUT2D eigenvalue weighted by molar-refractivity contribution is 0.0696. The molecule has 100 valence electrons. The number of hydrogen-bond donors (Lipinski definition) is 1. The van der Waals surface area contributed by atoms with E-state index in [0.717, 1.165) is 36.1 Å². The summed E-state index contributed by atoms with van der Waals surface area (Å²) in [5.41, 5.74) is 2.97. The smallest absolute Gasteiger partial charge is 0.335 e. The molecule has 0 atom stereocenters. The monoisotopic (exact) mass is 258 g/mol. The van der Waals surface area contributed by atoms with Crippen molar-refractivity contribution in [1.29, 1.82) is 0 Å². The van der Waals surface area contributed by atoms with Gasteiger partial charge in [-0.3, -0.25) is 4.68 Å². The molecular formula is C15H18N2O2. The zero-order valence-corrected chi connectivity index (χ0v) is 11.3. The van der Waals surface area contributed by atoms with Crippen molar-refractivity contribution in [3.63, 3.8) is 0 Å². The summed E-state index contributed by atoms with van der Waals surface area (Å²) in [6, 6.07) is 5.48. The van der Waals surface area contributed by atoms with Crippen molar-refractivity contribution in [3.8, 4) is 11.1 Å². The van der Waals surface area contributed by atoms with Gasteiger partial charge in [0.1, 0.15) is 0 Å². The van der Waals surface area contributed by atoms with E-state index in [2.05, 4.69) is 12.0 Å². The Kier molecular flexibility index (Phi) is 4.00. The minimum absolute atomic E-state index is 0.346. The van der Waals surface area contributed by atoms with E-state index in [-0.39, 0.29) is 0 Å². The summed E-state index contributed by atoms with van der Waals surface area (Å²) in [7, 11) is 0. The van der Waals surface area contributed by atoms with Gasteiger partial charge >= 0.3 is 5.97 Å². The molecule has 1 aromatic heterocycles. The lowest BCUT2D eigenvalue weighted by atomic mass is 10.0. The third-order valence-corrected chi connectivity index (χ3v) is 3.18. The summed E-state index contributed by atoms with van der Waals surface area (Å²) in [5, 5.41) is 13.4. The first kappa shape index (κ1) is 13.3. The molecule has 19 heavy (non-hydrogen) atoms. The molecule has 0 amide bonds. The fourth-order valence-corrected chi connectivity index (χ4v) is 1.99. The number of unbranched alkanes of at least 4 members (excludes halogenated alkanes) is 1. The van der Waals surface area contributed by atoms with Crippen LogP contribution in [0.15, 0.2) is 30.6 Å². The quantitative estimate of drug-likeness (QED) is 0.894. The Balaban J connectivity index is 2.29. The molecule has 0 saturated heterocycles. The second-order valence-electron chi connectivity index (χ2n) is 4.68. The maximum absolute atomic E-state index is 11.1. The molecular weight excluding hydrogens is 240 g/mol. The van der Waals surface area contributed by atoms with Gasteiger partial charge in [0.05, 0.1) is 11.8 Å². The van der Waals surface area contributed by atoms with Crippen molar-refractivity contribution < 1.29 is 9.90 Å². The molecule has 0 unspecified atom stereocenters. The Labute approximate surface area is 112 Å². The van der Waals surface area contributed by atoms with Crippen LogP contribution in [-0.4, -0.2) is 20.9 Å². The molecule has 1 aromatic carbocycles. The summed E-state index contributed by atoms with van der Waals surface area (Å²) >= 11 is 0. The number of rotatable bonds is 5. The zero-order valence-electron chi connectivity index (χ0n) is 11.3. The normalized spacial score (nSPS) is 10.6. The molecule has 0 aliphatic rings. The Morgan fingerprint density at radius 3 is 2.84 bits per heavy atom. The number of carboxylic acid groups (broad SMARTS) is 1. The highest BCUT2D eigenvalue weighted by Gasteiger charge is 2.09. The van der Waals surface area contributed by atoms with Crippen LogP contribution >= 0.6 is 0 Å². The molecule has 0 fully saturated rings. The number of benzene rings is 1. The Bertz CT molecular complexity index is 588. The van der Waals surface area contributed by atoms with E-state index in [1.807, 2.05) is 23.0 Å². The second kappa shape index (κ2) is 5.69. The lowest BCUT2D eigenvalue weighted by Crippen LogP contribution is -1.99. The number of carboxylic acids is 1. The van der Waals surface area contributed by atoms with E-state index in [9.17, 15) is 4.79 Å². The molecule has 4 heteroatoms. The van der Waals surface area contributed by atoms with Crippen LogP contribution in [-0.2, 0) is 6.54 Å². The van der Waals surface area contributed by atoms with E-state index >= 15 is 0 Å². The van der Waals surface area contributed by atoms with E-state index in [0.29, 0.717) is 5.56 Å². The Morgan fingerprint density at radius 1 is 1.37 bits per heavy atom. The first-order valence-corrected chi connectivity index (χ1v) is 6.48. The molecule has 0 aliphatic heterocycles. The fraction of sp³-hybridized carbons (Fsp3) is 0.333. The second-order valence-corrected chi connectivity index (χ2v) is 4.68. The van der Waals surface area contributed by atoms with Gasteiger partial charge in [0, 0.05) is 18.3 Å². The van der Waals surface area contributed by atoms with Crippen LogP contribution in [0.25, 0.3) is 11.1 Å². The summed E-state index contributed by atoms with van der Waals surface area (Å²) in [6.07, 6.45) is 5.97. The van der Waals surface area contributed by atoms with Crippen LogP contribution in [0.4, 0.5) is 0 Å². The summed E-state index contributed by atoms with van der Waals surface area (Å²) in [6.45, 7) is 4.84. The number of hydrogen-bond acceptors (Lipinski definition) is 2. The highest BCUT2D eigenvalue weighted by Crippen LogP contribution is 2.22. The third kappa shape index (κ3) is 3.02. The van der Waals surface area contributed by atoms with Crippen molar-refractivity contribution in [2.24, 2.45) is 0 Å². The molecule has 1 N–H and O–H groups in total. The topological polar surface area (TPSA) is 55.1 Å². The van der Waals surface area contributed by atoms with Crippen LogP contribution < -0.4 is 0 Å². The zero-order chi connectivity index (χ0) is 13.8. The van der Waals surface area contributed by atoms with Gasteiger partial charge in [0.25, 0.3) is 0 Å². The average molecular weight is 258 g/mol. The van der Waals surface area contributed by atoms with Crippen molar-refractivity contribution in [2.75, 3.05) is 0 Å². The predicted molar refractivity (Wildman–Crippen MR) is 74.3 cm³/mol. The third-order valence-electron chi connectivity index (χ3n) is 3.18. The Morgan fingerprint density at radius 2 is 2.16 bits per heavy atom. The molecule has 4 nitrogen and oxygen atoms in total. The van der Waals surface area contributed by atoms with Gasteiger partial charge < -0.3 is 5.11 Å². The number of aromatic carboxylic acids is 1. The molecule has 0 aliphatic carbocycles. The molecule has 2 aromatic rings. The molecule has 0 spiro atoms. The van der Waals surface area contributed by atoms with Crippen molar-refractivity contribution in [3.05, 3.63) is 41.7 Å². The molecule has 0 bridgehead atoms. The first-order chi connectivity index (χ1) is 9.11. The van der Waals surface area contributed by atoms with Crippen molar-refractivity contribution >= 4 is 5.97 Å². The van der Waals surface area contributed by atoms with Crippen LogP contribution in [0.5, 0.6) is 0 Å². The van der Waals surface area contributed by atoms with Gasteiger partial charge in [-0.05, 0) is 30.5 Å². The molecule has 0 radical (unpaired) electrons. The van der Waals surface area contributed by atoms with Crippen LogP contribution in [0.1, 0.15) is 35.7 Å². The minimum Gasteiger partial charge on any atom is -0.478 e. The largest absolute Gasteiger partial charge is 0.478 e. The van der Waals surface area contributed by atoms with Crippen LogP contribution in [0.2, 0.25) is 0 Å². The van der Waals surface area contributed by atoms with E-state index in [1.54, 1.807) is 19.2 Å². The number of aryl methyl sites for hydroxylation is 2. The number of aromatic nitrogens is 2. The van der Waals surface area contributed by atoms with Gasteiger partial charge in [-0.15, -0.1) is 0 Å². The van der Waals surface area contributed by atoms with Gasteiger partial charge in [0.15, 0.2) is 0 Å². The van der Waals surface area contributed by atoms with E-state index < -0.39 is 5.97 Å². The predicted octanol–water partition coefficient (Wildman–Crippen LogP) is 3.36. The summed E-state index contributed by atoms with van der Waals surface area (Å²) < 4.78 is 1.90. The highest BCUT2D eigenvalue weighted by molar-refractivity contribution is 5.91. The highest BCUT2D eigenvalue weighted by atomic mass is 16.4. The van der Waals surface area contributed by atoms with E-state index in [4.69, 9.17) is 5.11 Å². The summed E-state index contributed by atoms with van der Waals surface area (Å²) in [5.74, 6) is -0.891. The van der Waals surface area contributed by atoms with Gasteiger partial charge in [0.2, 0.25) is 0 Å². The first-order valence-electron chi connectivity index (χ1n) is 6.48.